The van der Waals surface area contributed by atoms with Crippen molar-refractivity contribution in [3.63, 3.8) is 0 Å². The van der Waals surface area contributed by atoms with Gasteiger partial charge >= 0.3 is 0 Å². The van der Waals surface area contributed by atoms with Gasteiger partial charge in [-0.25, -0.2) is 14.4 Å². The Morgan fingerprint density at radius 3 is 1.49 bits per heavy atom. The summed E-state index contributed by atoms with van der Waals surface area (Å²) in [6, 6.07) is 41.4. The van der Waals surface area contributed by atoms with Gasteiger partial charge < -0.3 is 23.5 Å². The maximum Gasteiger partial charge on any atom is 0.171 e. The third-order valence-electron chi connectivity index (χ3n) is 18.1. The van der Waals surface area contributed by atoms with E-state index in [1.54, 1.807) is 37.3 Å². The topological polar surface area (TPSA) is 132 Å². The molecular formula is C71H87FN14O2. The van der Waals surface area contributed by atoms with Gasteiger partial charge in [-0.3, -0.25) is 23.5 Å². The third kappa shape index (κ3) is 14.6. The monoisotopic (exact) mass is 1190 g/mol. The molecule has 13 rings (SSSR count). The normalized spacial score (nSPS) is 17.0. The number of halogens is 1. The number of nitrogens with zero attached hydrogens (tertiary/aromatic N) is 14. The molecule has 3 saturated heterocycles. The molecule has 0 N–H and O–H groups in total. The molecule has 0 amide bonds. The SMILES string of the molecule is CC(C)N1CCN(c2ccc(-c3cnc(CCc4ccco4)n4cnnc34)cc2)CC1.CC(C)c1ccc(-c2cnc(CCc3ccco3)n3cnnc23)cc1.Cc1cccc(F)c1CN1CC(c2ccc(N3CCN(C(C)C)CC3)cc2)C(N(C)C)C1. The largest absolute Gasteiger partial charge is 0.469 e. The van der Waals surface area contributed by atoms with Crippen LogP contribution in [0.1, 0.15) is 98.8 Å². The lowest BCUT2D eigenvalue weighted by Gasteiger charge is -2.38. The van der Waals surface area contributed by atoms with Crippen LogP contribution in [0.15, 0.2) is 162 Å². The van der Waals surface area contributed by atoms with Gasteiger partial charge in [0.15, 0.2) is 11.3 Å². The number of furan rings is 2. The number of aromatic nitrogens is 8. The van der Waals surface area contributed by atoms with Crippen LogP contribution in [-0.2, 0) is 32.2 Å². The van der Waals surface area contributed by atoms with E-state index in [1.165, 1.54) is 22.5 Å². The highest BCUT2D eigenvalue weighted by atomic mass is 19.1. The lowest BCUT2D eigenvalue weighted by atomic mass is 9.93. The Balaban J connectivity index is 0.000000137. The summed E-state index contributed by atoms with van der Waals surface area (Å²) in [6.45, 7) is 26.9. The first-order valence-electron chi connectivity index (χ1n) is 31.6. The van der Waals surface area contributed by atoms with E-state index in [0.29, 0.717) is 36.5 Å². The third-order valence-corrected chi connectivity index (χ3v) is 18.1. The van der Waals surface area contributed by atoms with Crippen molar-refractivity contribution in [1.29, 1.82) is 0 Å². The van der Waals surface area contributed by atoms with Gasteiger partial charge in [0.1, 0.15) is 41.6 Å². The second-order valence-corrected chi connectivity index (χ2v) is 24.9. The van der Waals surface area contributed by atoms with Crippen molar-refractivity contribution < 1.29 is 13.2 Å². The smallest absolute Gasteiger partial charge is 0.171 e. The predicted octanol–water partition coefficient (Wildman–Crippen LogP) is 12.2. The van der Waals surface area contributed by atoms with E-state index in [2.05, 4.69) is 183 Å². The molecule has 0 radical (unpaired) electrons. The molecule has 3 fully saturated rings. The van der Waals surface area contributed by atoms with E-state index in [1.807, 2.05) is 58.5 Å². The Morgan fingerprint density at radius 1 is 0.557 bits per heavy atom. The maximum absolute atomic E-state index is 14.4. The van der Waals surface area contributed by atoms with Crippen LogP contribution in [0.25, 0.3) is 33.5 Å². The second kappa shape index (κ2) is 28.4. The number of benzene rings is 4. The zero-order valence-corrected chi connectivity index (χ0v) is 52.9. The van der Waals surface area contributed by atoms with Crippen molar-refractivity contribution in [2.24, 2.45) is 0 Å². The van der Waals surface area contributed by atoms with Crippen LogP contribution < -0.4 is 9.80 Å². The molecule has 3 aliphatic heterocycles. The summed E-state index contributed by atoms with van der Waals surface area (Å²) < 4.78 is 29.2. The molecule has 0 bridgehead atoms. The number of piperazine rings is 2. The van der Waals surface area contributed by atoms with Gasteiger partial charge in [0.25, 0.3) is 0 Å². The van der Waals surface area contributed by atoms with Gasteiger partial charge in [0, 0.05) is 162 Å². The van der Waals surface area contributed by atoms with E-state index in [4.69, 9.17) is 13.8 Å². The van der Waals surface area contributed by atoms with Crippen LogP contribution in [0.3, 0.4) is 0 Å². The fourth-order valence-electron chi connectivity index (χ4n) is 12.7. The first-order chi connectivity index (χ1) is 42.7. The summed E-state index contributed by atoms with van der Waals surface area (Å²) >= 11 is 0. The highest BCUT2D eigenvalue weighted by Crippen LogP contribution is 2.34. The van der Waals surface area contributed by atoms with Crippen molar-refractivity contribution >= 4 is 22.7 Å². The van der Waals surface area contributed by atoms with Crippen LogP contribution in [0.2, 0.25) is 0 Å². The summed E-state index contributed by atoms with van der Waals surface area (Å²) in [5, 5.41) is 16.9. The number of aryl methyl sites for hydroxylation is 5. The van der Waals surface area contributed by atoms with Crippen molar-refractivity contribution in [3.8, 4) is 22.3 Å². The van der Waals surface area contributed by atoms with E-state index in [9.17, 15) is 4.39 Å². The van der Waals surface area contributed by atoms with Crippen LogP contribution >= 0.6 is 0 Å². The molecule has 2 unspecified atom stereocenters. The second-order valence-electron chi connectivity index (χ2n) is 24.9. The summed E-state index contributed by atoms with van der Waals surface area (Å²) in [5.74, 6) is 4.64. The number of hydrogen-bond acceptors (Lipinski definition) is 14. The molecule has 0 spiro atoms. The van der Waals surface area contributed by atoms with Gasteiger partial charge in [0.2, 0.25) is 0 Å². The molecule has 0 saturated carbocycles. The molecule has 88 heavy (non-hydrogen) atoms. The summed E-state index contributed by atoms with van der Waals surface area (Å²) in [6.07, 6.45) is 13.8. The zero-order valence-electron chi connectivity index (χ0n) is 52.9. The maximum atomic E-state index is 14.4. The molecule has 6 aromatic heterocycles. The standard InChI is InChI=1S/C27H39FN4.C24H28N6O.C20H20N4O/c1-20(2)31-13-15-32(16-14-31)23-11-9-22(10-12-23)25-18-30(19-27(25)29(4)5)17-24-21(3)7-6-8-26(24)28;1-18(2)28-11-13-29(14-12-28)20-7-5-19(6-8-20)22-16-25-23(30-17-26-27-24(22)30)10-9-21-4-3-15-31-21;1-14(2)15-5-7-16(8-6-15)18-12-21-19(24-13-22-23-20(18)24)10-9-17-4-3-11-25-17/h6-12,20,25,27H,13-19H2,1-5H3;3-8,15-18H,9-14H2,1-2H3;3-8,11-14H,9-10H2,1-2H3. The molecule has 460 valence electrons. The average molecular weight is 1190 g/mol. The van der Waals surface area contributed by atoms with Crippen LogP contribution in [0.4, 0.5) is 15.8 Å². The minimum atomic E-state index is -0.0863. The summed E-state index contributed by atoms with van der Waals surface area (Å²) in [7, 11) is 4.33. The molecule has 3 aliphatic rings. The van der Waals surface area contributed by atoms with Crippen LogP contribution in [0.5, 0.6) is 0 Å². The number of anilines is 2. The number of likely N-dealkylation sites (tertiary alicyclic amines) is 1. The van der Waals surface area contributed by atoms with Gasteiger partial charge in [0.05, 0.1) is 12.5 Å². The Bertz CT molecular complexity index is 3750. The fourth-order valence-corrected chi connectivity index (χ4v) is 12.7. The van der Waals surface area contributed by atoms with Crippen LogP contribution in [0, 0.1) is 12.7 Å². The number of fused-ring (bicyclic) bond motifs is 2. The quantitative estimate of drug-likeness (QED) is 0.0856. The minimum Gasteiger partial charge on any atom is -0.469 e. The first kappa shape index (κ1) is 61.6. The van der Waals surface area contributed by atoms with Crippen molar-refractivity contribution in [2.45, 2.75) is 111 Å². The fraction of sp³-hybridized carbons (Fsp3) is 0.408. The van der Waals surface area contributed by atoms with E-state index in [-0.39, 0.29) is 5.82 Å². The van der Waals surface area contributed by atoms with Crippen LogP contribution in [-0.4, -0.2) is 156 Å². The Morgan fingerprint density at radius 2 is 1.05 bits per heavy atom. The molecule has 17 heteroatoms. The van der Waals surface area contributed by atoms with Crippen molar-refractivity contribution in [2.75, 3.05) is 89.3 Å². The molecule has 9 heterocycles. The molecule has 10 aromatic rings. The van der Waals surface area contributed by atoms with Gasteiger partial charge in [-0.15, -0.1) is 20.4 Å². The van der Waals surface area contributed by atoms with E-state index in [0.717, 1.165) is 159 Å². The molecule has 0 aliphatic carbocycles. The van der Waals surface area contributed by atoms with E-state index < -0.39 is 0 Å². The number of likely N-dealkylation sites (N-methyl/N-ethyl adjacent to an activating group) is 1. The predicted molar refractivity (Wildman–Crippen MR) is 350 cm³/mol. The highest BCUT2D eigenvalue weighted by Gasteiger charge is 2.36. The Labute approximate surface area is 518 Å². The number of hydrogen-bond donors (Lipinski definition) is 0. The first-order valence-corrected chi connectivity index (χ1v) is 31.6. The van der Waals surface area contributed by atoms with Crippen molar-refractivity contribution in [3.05, 3.63) is 204 Å². The van der Waals surface area contributed by atoms with Gasteiger partial charge in [-0.2, -0.15) is 0 Å². The average Bonchev–Trinajstić information content (AvgIpc) is 2.35. The Hall–Kier alpha value is -8.09. The molecule has 4 aromatic carbocycles. The highest BCUT2D eigenvalue weighted by molar-refractivity contribution is 5.78. The molecular weight excluding hydrogens is 1100 g/mol. The minimum absolute atomic E-state index is 0.0863. The summed E-state index contributed by atoms with van der Waals surface area (Å²) in [4.78, 5) is 24.2. The van der Waals surface area contributed by atoms with Crippen molar-refractivity contribution in [1.82, 2.24) is 58.8 Å². The van der Waals surface area contributed by atoms with Gasteiger partial charge in [-0.05, 0) is 137 Å². The molecule has 2 atom stereocenters. The van der Waals surface area contributed by atoms with Gasteiger partial charge in [-0.1, -0.05) is 74.5 Å². The lowest BCUT2D eigenvalue weighted by molar-refractivity contribution is 0.209. The molecule has 16 nitrogen and oxygen atoms in total. The summed E-state index contributed by atoms with van der Waals surface area (Å²) in [5.41, 5.74) is 13.1. The zero-order chi connectivity index (χ0) is 61.3. The lowest BCUT2D eigenvalue weighted by Crippen LogP contribution is -2.48. The number of rotatable bonds is 17. The Kier molecular flexibility index (Phi) is 19.9. The van der Waals surface area contributed by atoms with E-state index >= 15 is 0 Å².